The van der Waals surface area contributed by atoms with Gasteiger partial charge in [-0.1, -0.05) is 11.6 Å². The predicted molar refractivity (Wildman–Crippen MR) is 137 cm³/mol. The summed E-state index contributed by atoms with van der Waals surface area (Å²) in [7, 11) is -1.67. The van der Waals surface area contributed by atoms with Crippen LogP contribution in [-0.4, -0.2) is 89.0 Å². The third-order valence-corrected chi connectivity index (χ3v) is 6.19. The molecule has 0 aliphatic carbocycles. The van der Waals surface area contributed by atoms with E-state index in [2.05, 4.69) is 50.9 Å². The van der Waals surface area contributed by atoms with Gasteiger partial charge in [0.15, 0.2) is 0 Å². The van der Waals surface area contributed by atoms with Gasteiger partial charge in [0, 0.05) is 56.0 Å². The maximum absolute atomic E-state index is 9.48. The zero-order valence-corrected chi connectivity index (χ0v) is 21.4. The summed E-state index contributed by atoms with van der Waals surface area (Å²) in [5.41, 5.74) is 11.4. The molecule has 0 bridgehead atoms. The summed E-state index contributed by atoms with van der Waals surface area (Å²) in [6.07, 6.45) is 6.37. The quantitative estimate of drug-likeness (QED) is 0.432. The minimum absolute atomic E-state index is 0.167. The maximum atomic E-state index is 9.48. The summed E-state index contributed by atoms with van der Waals surface area (Å²) in [4.78, 5) is 6.89. The lowest BCUT2D eigenvalue weighted by molar-refractivity contribution is 0.00808. The van der Waals surface area contributed by atoms with Crippen LogP contribution in [0, 0.1) is 0 Å². The number of allylic oxidation sites excluding steroid dienone is 1. The predicted octanol–water partition coefficient (Wildman–Crippen LogP) is 1.62. The largest absolute Gasteiger partial charge is 0.390 e. The Morgan fingerprint density at radius 3 is 2.66 bits per heavy atom. The number of hydrazine groups is 2. The van der Waals surface area contributed by atoms with Crippen molar-refractivity contribution in [1.29, 1.82) is 0 Å². The summed E-state index contributed by atoms with van der Waals surface area (Å²) >= 11 is 6.33. The lowest BCUT2D eigenvalue weighted by Crippen LogP contribution is -2.51. The fourth-order valence-electron chi connectivity index (χ4n) is 4.16. The zero-order valence-electron chi connectivity index (χ0n) is 19.8. The highest BCUT2D eigenvalue weighted by Crippen LogP contribution is 2.28. The second-order valence-corrected chi connectivity index (χ2v) is 10.7. The van der Waals surface area contributed by atoms with Crippen molar-refractivity contribution < 1.29 is 18.1 Å². The smallest absolute Gasteiger partial charge is 0.261 e. The first kappa shape index (κ1) is 25.5. The standard InChI is InChI=1S/C21H26ClN7O.CH4O3S/c1-14-15(9-27-10-17(30)11-27)8-24-29(14)21-5-6-28(13-23-21)25-16-3-4-20-18(7-16)19(22)12-26(20)2;1-5(2,3)4/h3-5,7,12-13,17,24-25,30H,6,8-11H2,1-2H3;1H3,(H,2,3,4). The molecule has 11 nitrogen and oxygen atoms in total. The Morgan fingerprint density at radius 2 is 2.03 bits per heavy atom. The first-order valence-electron chi connectivity index (χ1n) is 11.1. The van der Waals surface area contributed by atoms with Gasteiger partial charge in [-0.05, 0) is 36.8 Å². The average molecular weight is 524 g/mol. The molecule has 1 saturated heterocycles. The summed E-state index contributed by atoms with van der Waals surface area (Å²) in [5, 5.41) is 15.2. The number of hydrogen-bond donors (Lipinski definition) is 4. The van der Waals surface area contributed by atoms with E-state index in [1.807, 2.05) is 35.2 Å². The summed E-state index contributed by atoms with van der Waals surface area (Å²) in [5.74, 6) is 0.894. The van der Waals surface area contributed by atoms with E-state index in [0.29, 0.717) is 12.8 Å². The van der Waals surface area contributed by atoms with E-state index in [1.165, 1.54) is 11.3 Å². The number of β-amino-alcohol motifs (C(OH)–C–C–N with tert-alkyl or cyclic N) is 1. The van der Waals surface area contributed by atoms with E-state index in [-0.39, 0.29) is 6.10 Å². The third-order valence-electron chi connectivity index (χ3n) is 5.89. The average Bonchev–Trinajstić information content (AvgIpc) is 3.25. The Balaban J connectivity index is 0.000000527. The van der Waals surface area contributed by atoms with Gasteiger partial charge in [0.25, 0.3) is 10.1 Å². The zero-order chi connectivity index (χ0) is 25.3. The third kappa shape index (κ3) is 6.34. The number of aliphatic hydroxyl groups is 1. The molecule has 35 heavy (non-hydrogen) atoms. The number of hydrogen-bond acceptors (Lipinski definition) is 9. The minimum Gasteiger partial charge on any atom is -0.390 e. The molecule has 0 radical (unpaired) electrons. The number of aliphatic hydroxyl groups excluding tert-OH is 1. The van der Waals surface area contributed by atoms with E-state index in [4.69, 9.17) is 16.2 Å². The number of aromatic nitrogens is 1. The maximum Gasteiger partial charge on any atom is 0.261 e. The van der Waals surface area contributed by atoms with Crippen LogP contribution in [0.2, 0.25) is 5.02 Å². The number of nitrogens with one attached hydrogen (secondary N) is 2. The van der Waals surface area contributed by atoms with Crippen LogP contribution in [0.1, 0.15) is 6.92 Å². The topological polar surface area (TPSA) is 126 Å². The molecule has 1 fully saturated rings. The van der Waals surface area contributed by atoms with Crippen molar-refractivity contribution in [2.45, 2.75) is 13.0 Å². The van der Waals surface area contributed by atoms with Crippen molar-refractivity contribution >= 4 is 44.6 Å². The van der Waals surface area contributed by atoms with Gasteiger partial charge in [-0.15, -0.1) is 0 Å². The number of rotatable bonds is 5. The Kier molecular flexibility index (Phi) is 7.40. The monoisotopic (exact) mass is 523 g/mol. The molecule has 190 valence electrons. The van der Waals surface area contributed by atoms with E-state index in [9.17, 15) is 13.5 Å². The number of aliphatic imine (C=N–C) groups is 1. The Labute approximate surface area is 209 Å². The molecule has 3 aliphatic rings. The molecule has 3 aliphatic heterocycles. The summed E-state index contributed by atoms with van der Waals surface area (Å²) < 4.78 is 27.9. The number of likely N-dealkylation sites (tertiary alicyclic amines) is 1. The van der Waals surface area contributed by atoms with Crippen molar-refractivity contribution in [3.63, 3.8) is 0 Å². The van der Waals surface area contributed by atoms with Gasteiger partial charge in [0.1, 0.15) is 12.2 Å². The Hall–Kier alpha value is -2.61. The molecule has 1 aromatic heterocycles. The second-order valence-electron chi connectivity index (χ2n) is 8.83. The van der Waals surface area contributed by atoms with Crippen LogP contribution in [0.4, 0.5) is 5.69 Å². The van der Waals surface area contributed by atoms with Gasteiger partial charge >= 0.3 is 0 Å². The molecule has 4 N–H and O–H groups in total. The fourth-order valence-corrected chi connectivity index (χ4v) is 4.45. The highest BCUT2D eigenvalue weighted by atomic mass is 35.5. The SMILES string of the molecule is CC1=C(CN2CC(O)C2)CNN1C1=CCN(Nc2ccc3c(c2)c(Cl)cn3C)C=N1.CS(=O)(=O)O. The van der Waals surface area contributed by atoms with Crippen molar-refractivity contribution in [2.24, 2.45) is 12.0 Å². The molecule has 5 rings (SSSR count). The fraction of sp³-hybridized carbons (Fsp3) is 0.409. The Bertz CT molecular complexity index is 1290. The molecule has 1 aromatic carbocycles. The van der Waals surface area contributed by atoms with Crippen molar-refractivity contribution in [1.82, 2.24) is 24.9 Å². The van der Waals surface area contributed by atoms with Crippen LogP contribution in [-0.2, 0) is 17.2 Å². The number of fused-ring (bicyclic) bond motifs is 1. The van der Waals surface area contributed by atoms with Gasteiger partial charge in [-0.25, -0.2) is 10.4 Å². The molecule has 2 aromatic rings. The molecule has 13 heteroatoms. The lowest BCUT2D eigenvalue weighted by atomic mass is 10.1. The molecular weight excluding hydrogens is 494 g/mol. The van der Waals surface area contributed by atoms with Crippen molar-refractivity contribution in [2.75, 3.05) is 44.4 Å². The van der Waals surface area contributed by atoms with Crippen molar-refractivity contribution in [3.8, 4) is 0 Å². The summed E-state index contributed by atoms with van der Waals surface area (Å²) in [6, 6.07) is 6.16. The molecule has 0 atom stereocenters. The van der Waals surface area contributed by atoms with Gasteiger partial charge in [-0.3, -0.25) is 24.9 Å². The number of anilines is 1. The Morgan fingerprint density at radius 1 is 1.31 bits per heavy atom. The van der Waals surface area contributed by atoms with Crippen LogP contribution < -0.4 is 10.9 Å². The van der Waals surface area contributed by atoms with E-state index >= 15 is 0 Å². The van der Waals surface area contributed by atoms with Crippen molar-refractivity contribution in [3.05, 3.63) is 52.6 Å². The molecule has 0 unspecified atom stereocenters. The molecule has 0 saturated carbocycles. The van der Waals surface area contributed by atoms with Crippen LogP contribution in [0.3, 0.4) is 0 Å². The molecular formula is C22H30ClN7O4S. The lowest BCUT2D eigenvalue weighted by Gasteiger charge is -2.36. The molecule has 0 amide bonds. The van der Waals surface area contributed by atoms with Gasteiger partial charge < -0.3 is 9.67 Å². The first-order valence-corrected chi connectivity index (χ1v) is 13.3. The number of halogens is 1. The van der Waals surface area contributed by atoms with Crippen LogP contribution in [0.25, 0.3) is 10.9 Å². The van der Waals surface area contributed by atoms with Gasteiger partial charge in [-0.2, -0.15) is 8.42 Å². The number of benzene rings is 1. The number of aryl methyl sites for hydroxylation is 1. The normalized spacial score (nSPS) is 19.1. The van der Waals surface area contributed by atoms with Crippen LogP contribution >= 0.6 is 11.6 Å². The van der Waals surface area contributed by atoms with Crippen LogP contribution in [0.5, 0.6) is 0 Å². The van der Waals surface area contributed by atoms with E-state index in [0.717, 1.165) is 53.6 Å². The van der Waals surface area contributed by atoms with Crippen LogP contribution in [0.15, 0.2) is 52.6 Å². The van der Waals surface area contributed by atoms with Gasteiger partial charge in [0.05, 0.1) is 29.6 Å². The minimum atomic E-state index is -3.67. The van der Waals surface area contributed by atoms with Gasteiger partial charge in [0.2, 0.25) is 0 Å². The molecule has 4 heterocycles. The summed E-state index contributed by atoms with van der Waals surface area (Å²) in [6.45, 7) is 6.03. The highest BCUT2D eigenvalue weighted by Gasteiger charge is 2.29. The number of nitrogens with zero attached hydrogens (tertiary/aromatic N) is 5. The first-order chi connectivity index (χ1) is 16.5. The van der Waals surface area contributed by atoms with E-state index in [1.54, 1.807) is 0 Å². The highest BCUT2D eigenvalue weighted by molar-refractivity contribution is 7.85. The second kappa shape index (κ2) is 10.2. The van der Waals surface area contributed by atoms with E-state index < -0.39 is 10.1 Å². The molecule has 0 spiro atoms.